The fraction of sp³-hybridized carbons (Fsp3) is 0.811. The van der Waals surface area contributed by atoms with Crippen molar-refractivity contribution in [2.45, 2.75) is 258 Å². The van der Waals surface area contributed by atoms with Crippen LogP contribution in [0.4, 0.5) is 0 Å². The Morgan fingerprint density at radius 1 is 0.379 bits per heavy atom. The Kier molecular flexibility index (Phi) is 47.4. The smallest absolute Gasteiger partial charge is 0.306 e. The van der Waals surface area contributed by atoms with Gasteiger partial charge in [0.1, 0.15) is 6.61 Å². The highest BCUT2D eigenvalue weighted by Gasteiger charge is 2.17. The molecule has 338 valence electrons. The molecular formula is C53H96O5. The van der Waals surface area contributed by atoms with Crippen LogP contribution in [-0.4, -0.2) is 37.9 Å². The van der Waals surface area contributed by atoms with E-state index in [0.717, 1.165) is 57.8 Å². The second kappa shape index (κ2) is 49.2. The van der Waals surface area contributed by atoms with Crippen molar-refractivity contribution in [3.63, 3.8) is 0 Å². The van der Waals surface area contributed by atoms with Crippen LogP contribution in [0.3, 0.4) is 0 Å². The third-order valence-electron chi connectivity index (χ3n) is 10.8. The van der Waals surface area contributed by atoms with Crippen molar-refractivity contribution >= 4 is 11.9 Å². The third-order valence-corrected chi connectivity index (χ3v) is 10.8. The topological polar surface area (TPSA) is 61.8 Å². The van der Waals surface area contributed by atoms with Gasteiger partial charge in [0.05, 0.1) is 6.61 Å². The van der Waals surface area contributed by atoms with E-state index in [9.17, 15) is 9.59 Å². The lowest BCUT2D eigenvalue weighted by Crippen LogP contribution is -2.30. The molecule has 1 atom stereocenters. The van der Waals surface area contributed by atoms with Crippen molar-refractivity contribution in [1.82, 2.24) is 0 Å². The highest BCUT2D eigenvalue weighted by molar-refractivity contribution is 5.70. The Balaban J connectivity index is 4.21. The average molecular weight is 813 g/mol. The van der Waals surface area contributed by atoms with E-state index in [1.165, 1.54) is 161 Å². The van der Waals surface area contributed by atoms with Gasteiger partial charge in [-0.1, -0.05) is 204 Å². The number of allylic oxidation sites excluding steroid dienone is 8. The van der Waals surface area contributed by atoms with Crippen molar-refractivity contribution in [2.24, 2.45) is 0 Å². The van der Waals surface area contributed by atoms with Gasteiger partial charge in [-0.15, -0.1) is 0 Å². The molecule has 0 saturated carbocycles. The van der Waals surface area contributed by atoms with Gasteiger partial charge in [0.2, 0.25) is 0 Å². The standard InChI is InChI=1S/C53H96O5/c1-4-7-10-13-16-19-21-23-25-27-28-30-32-35-37-40-43-46-52(54)57-50-51(58-53(55)47-44-41-38-34-18-15-12-9-6-3)49-56-48-45-42-39-36-33-31-29-26-24-22-20-17-14-11-8-5-2/h16-17,19-20,23-26,51H,4-15,18,21-22,27-50H2,1-3H3/b19-16-,20-17-,25-23-,26-24-. The molecule has 1 unspecified atom stereocenters. The lowest BCUT2D eigenvalue weighted by Gasteiger charge is -2.18. The van der Waals surface area contributed by atoms with Crippen LogP contribution in [0.15, 0.2) is 48.6 Å². The van der Waals surface area contributed by atoms with Crippen LogP contribution < -0.4 is 0 Å². The van der Waals surface area contributed by atoms with E-state index in [0.29, 0.717) is 19.4 Å². The molecule has 0 aromatic heterocycles. The molecule has 5 nitrogen and oxygen atoms in total. The Hall–Kier alpha value is -2.14. The van der Waals surface area contributed by atoms with E-state index < -0.39 is 6.10 Å². The monoisotopic (exact) mass is 813 g/mol. The summed E-state index contributed by atoms with van der Waals surface area (Å²) in [7, 11) is 0. The molecule has 0 aliphatic carbocycles. The van der Waals surface area contributed by atoms with Crippen molar-refractivity contribution in [3.8, 4) is 0 Å². The third kappa shape index (κ3) is 46.5. The van der Waals surface area contributed by atoms with Gasteiger partial charge in [-0.2, -0.15) is 0 Å². The normalized spacial score (nSPS) is 12.5. The number of hydrogen-bond acceptors (Lipinski definition) is 5. The van der Waals surface area contributed by atoms with Crippen molar-refractivity contribution in [3.05, 3.63) is 48.6 Å². The van der Waals surface area contributed by atoms with Gasteiger partial charge >= 0.3 is 11.9 Å². The number of rotatable bonds is 46. The maximum Gasteiger partial charge on any atom is 0.306 e. The zero-order chi connectivity index (χ0) is 42.1. The van der Waals surface area contributed by atoms with Gasteiger partial charge in [0, 0.05) is 19.4 Å². The Labute approximate surface area is 361 Å². The number of unbranched alkanes of at least 4 members (excludes halogenated alkanes) is 27. The summed E-state index contributed by atoms with van der Waals surface area (Å²) in [5.41, 5.74) is 0. The maximum atomic E-state index is 12.7. The van der Waals surface area contributed by atoms with E-state index in [4.69, 9.17) is 14.2 Å². The predicted octanol–water partition coefficient (Wildman–Crippen LogP) is 16.8. The summed E-state index contributed by atoms with van der Waals surface area (Å²) in [6.07, 6.45) is 59.7. The number of ether oxygens (including phenoxy) is 3. The van der Waals surface area contributed by atoms with Gasteiger partial charge in [0.25, 0.3) is 0 Å². The van der Waals surface area contributed by atoms with E-state index in [2.05, 4.69) is 69.4 Å². The molecule has 0 aromatic rings. The first-order valence-corrected chi connectivity index (χ1v) is 25.2. The summed E-state index contributed by atoms with van der Waals surface area (Å²) >= 11 is 0. The molecule has 0 aliphatic heterocycles. The van der Waals surface area contributed by atoms with Crippen LogP contribution in [0.2, 0.25) is 0 Å². The molecule has 5 heteroatoms. The molecule has 0 aliphatic rings. The SMILES string of the molecule is CCCCC/C=C\C/C=C\CCCCCCCCCC(=O)OCC(COCCCCCCCC/C=C\C/C=C\CCCCC)OC(=O)CCCCCCCCCCC. The molecular weight excluding hydrogens is 717 g/mol. The Bertz CT molecular complexity index is 966. The van der Waals surface area contributed by atoms with Gasteiger partial charge < -0.3 is 14.2 Å². The van der Waals surface area contributed by atoms with E-state index >= 15 is 0 Å². The Morgan fingerprint density at radius 3 is 1.17 bits per heavy atom. The van der Waals surface area contributed by atoms with Gasteiger partial charge in [0.15, 0.2) is 6.10 Å². The predicted molar refractivity (Wildman–Crippen MR) is 251 cm³/mol. The molecule has 58 heavy (non-hydrogen) atoms. The first-order chi connectivity index (χ1) is 28.6. The zero-order valence-corrected chi connectivity index (χ0v) is 38.8. The fourth-order valence-electron chi connectivity index (χ4n) is 7.04. The zero-order valence-electron chi connectivity index (χ0n) is 38.8. The highest BCUT2D eigenvalue weighted by atomic mass is 16.6. The van der Waals surface area contributed by atoms with Crippen LogP contribution in [0.1, 0.15) is 252 Å². The second-order valence-electron chi connectivity index (χ2n) is 16.7. The number of carbonyl (C=O) groups is 2. The molecule has 0 amide bonds. The minimum Gasteiger partial charge on any atom is -0.462 e. The van der Waals surface area contributed by atoms with Crippen molar-refractivity contribution < 1.29 is 23.8 Å². The molecule has 0 aromatic carbocycles. The summed E-state index contributed by atoms with van der Waals surface area (Å²) in [5, 5.41) is 0. The van der Waals surface area contributed by atoms with E-state index in [1.807, 2.05) is 0 Å². The van der Waals surface area contributed by atoms with Crippen LogP contribution >= 0.6 is 0 Å². The van der Waals surface area contributed by atoms with Gasteiger partial charge in [-0.3, -0.25) is 9.59 Å². The number of esters is 2. The average Bonchev–Trinajstić information content (AvgIpc) is 3.22. The Morgan fingerprint density at radius 2 is 0.724 bits per heavy atom. The van der Waals surface area contributed by atoms with Crippen molar-refractivity contribution in [2.75, 3.05) is 19.8 Å². The number of carbonyl (C=O) groups excluding carboxylic acids is 2. The van der Waals surface area contributed by atoms with Crippen molar-refractivity contribution in [1.29, 1.82) is 0 Å². The second-order valence-corrected chi connectivity index (χ2v) is 16.7. The lowest BCUT2D eigenvalue weighted by atomic mass is 10.1. The summed E-state index contributed by atoms with van der Waals surface area (Å²) in [5.74, 6) is -0.407. The van der Waals surface area contributed by atoms with Crippen LogP contribution in [0.5, 0.6) is 0 Å². The highest BCUT2D eigenvalue weighted by Crippen LogP contribution is 2.14. The molecule has 0 rings (SSSR count). The maximum absolute atomic E-state index is 12.7. The summed E-state index contributed by atoms with van der Waals surface area (Å²) in [6, 6.07) is 0. The quantitative estimate of drug-likeness (QED) is 0.0348. The minimum absolute atomic E-state index is 0.0791. The van der Waals surface area contributed by atoms with Crippen LogP contribution in [0, 0.1) is 0 Å². The summed E-state index contributed by atoms with van der Waals surface area (Å²) < 4.78 is 17.3. The van der Waals surface area contributed by atoms with E-state index in [1.54, 1.807) is 0 Å². The molecule has 0 radical (unpaired) electrons. The first kappa shape index (κ1) is 55.9. The molecule has 0 fully saturated rings. The fourth-order valence-corrected chi connectivity index (χ4v) is 7.04. The van der Waals surface area contributed by atoms with Crippen LogP contribution in [0.25, 0.3) is 0 Å². The van der Waals surface area contributed by atoms with Gasteiger partial charge in [-0.05, 0) is 83.5 Å². The largest absolute Gasteiger partial charge is 0.462 e. The number of hydrogen-bond donors (Lipinski definition) is 0. The minimum atomic E-state index is -0.540. The van der Waals surface area contributed by atoms with Gasteiger partial charge in [-0.25, -0.2) is 0 Å². The molecule has 0 bridgehead atoms. The lowest BCUT2D eigenvalue weighted by molar-refractivity contribution is -0.163. The molecule has 0 spiro atoms. The summed E-state index contributed by atoms with van der Waals surface area (Å²) in [6.45, 7) is 7.75. The first-order valence-electron chi connectivity index (χ1n) is 25.2. The molecule has 0 heterocycles. The summed E-state index contributed by atoms with van der Waals surface area (Å²) in [4.78, 5) is 25.3. The van der Waals surface area contributed by atoms with Crippen LogP contribution in [-0.2, 0) is 23.8 Å². The van der Waals surface area contributed by atoms with E-state index in [-0.39, 0.29) is 25.2 Å². The molecule has 0 N–H and O–H groups in total. The molecule has 0 saturated heterocycles.